The number of hydrogen-bond donors (Lipinski definition) is 1. The van der Waals surface area contributed by atoms with Crippen LogP contribution in [0.2, 0.25) is 5.02 Å². The van der Waals surface area contributed by atoms with Gasteiger partial charge in [-0.3, -0.25) is 14.5 Å². The lowest BCUT2D eigenvalue weighted by molar-refractivity contribution is -0.115. The van der Waals surface area contributed by atoms with Gasteiger partial charge in [0.05, 0.1) is 23.2 Å². The number of halogens is 1. The summed E-state index contributed by atoms with van der Waals surface area (Å²) < 4.78 is 5.33. The Morgan fingerprint density at radius 2 is 2.11 bits per heavy atom. The van der Waals surface area contributed by atoms with Gasteiger partial charge in [-0.15, -0.1) is 11.3 Å². The Morgan fingerprint density at radius 1 is 1.32 bits per heavy atom. The Morgan fingerprint density at radius 3 is 2.75 bits per heavy atom. The first-order valence-electron chi connectivity index (χ1n) is 8.27. The number of amides is 2. The van der Waals surface area contributed by atoms with E-state index in [1.165, 1.54) is 29.4 Å². The van der Waals surface area contributed by atoms with Gasteiger partial charge in [-0.1, -0.05) is 17.7 Å². The van der Waals surface area contributed by atoms with Crippen LogP contribution in [0.5, 0.6) is 0 Å². The zero-order chi connectivity index (χ0) is 20.3. The fourth-order valence-electron chi connectivity index (χ4n) is 2.55. The molecule has 0 saturated carbocycles. The van der Waals surface area contributed by atoms with E-state index in [1.54, 1.807) is 49.6 Å². The average Bonchev–Trinajstić information content (AvgIpc) is 3.21. The molecule has 7 nitrogen and oxygen atoms in total. The summed E-state index contributed by atoms with van der Waals surface area (Å²) in [6.07, 6.45) is 1.41. The fourth-order valence-corrected chi connectivity index (χ4v) is 3.58. The van der Waals surface area contributed by atoms with Crippen LogP contribution in [-0.4, -0.2) is 23.0 Å². The normalized spacial score (nSPS) is 11.0. The average molecular weight is 417 g/mol. The number of nitrogens with one attached hydrogen (secondary N) is 1. The first-order chi connectivity index (χ1) is 13.3. The molecule has 0 atom stereocenters. The molecule has 1 N–H and O–H groups in total. The highest BCUT2D eigenvalue weighted by Gasteiger charge is 2.18. The number of carbonyl (C=O) groups excluding carboxylic acids is 2. The molecular formula is C19H17ClN4O3S. The molecule has 2 aromatic heterocycles. The molecule has 0 saturated heterocycles. The van der Waals surface area contributed by atoms with Crippen LogP contribution in [0.3, 0.4) is 0 Å². The van der Waals surface area contributed by atoms with E-state index in [2.05, 4.69) is 15.5 Å². The molecule has 2 heterocycles. The minimum atomic E-state index is -0.370. The van der Waals surface area contributed by atoms with Crippen LogP contribution in [0, 0.1) is 13.8 Å². The summed E-state index contributed by atoms with van der Waals surface area (Å²) in [5, 5.41) is 6.66. The Bertz CT molecular complexity index is 1060. The molecule has 28 heavy (non-hydrogen) atoms. The molecule has 0 aliphatic rings. The first-order valence-corrected chi connectivity index (χ1v) is 9.53. The van der Waals surface area contributed by atoms with Gasteiger partial charge in [-0.05, 0) is 38.1 Å². The number of carbonyl (C=O) groups is 2. The van der Waals surface area contributed by atoms with Gasteiger partial charge in [0, 0.05) is 17.3 Å². The topological polar surface area (TPSA) is 87.8 Å². The lowest BCUT2D eigenvalue weighted by atomic mass is 10.2. The molecule has 0 aliphatic heterocycles. The highest BCUT2D eigenvalue weighted by atomic mass is 35.5. The summed E-state index contributed by atoms with van der Waals surface area (Å²) in [5.41, 5.74) is 4.00. The van der Waals surface area contributed by atoms with E-state index in [0.29, 0.717) is 38.6 Å². The standard InChI is InChI=1S/C19H17ClN4O3S/c1-11-7-17(12(2)27-11)18(26)23-21-9-15-10-28-19(22-15)24(13(3)25)16-6-4-5-14(20)8-16/h4-10H,1-3H3,(H,23,26)/b21-9-. The van der Waals surface area contributed by atoms with Crippen LogP contribution in [0.1, 0.15) is 34.5 Å². The lowest BCUT2D eigenvalue weighted by Crippen LogP contribution is -2.22. The zero-order valence-corrected chi connectivity index (χ0v) is 17.0. The highest BCUT2D eigenvalue weighted by molar-refractivity contribution is 7.14. The Kier molecular flexibility index (Phi) is 5.91. The molecule has 1 aromatic carbocycles. The number of aryl methyl sites for hydroxylation is 2. The smallest absolute Gasteiger partial charge is 0.274 e. The van der Waals surface area contributed by atoms with Crippen molar-refractivity contribution >= 4 is 51.8 Å². The first kappa shape index (κ1) is 19.8. The molecule has 2 amide bonds. The number of anilines is 2. The van der Waals surface area contributed by atoms with Crippen LogP contribution in [0.15, 0.2) is 45.2 Å². The zero-order valence-electron chi connectivity index (χ0n) is 15.4. The molecular weight excluding hydrogens is 400 g/mol. The fraction of sp³-hybridized carbons (Fsp3) is 0.158. The van der Waals surface area contributed by atoms with Crippen molar-refractivity contribution in [3.63, 3.8) is 0 Å². The number of benzene rings is 1. The van der Waals surface area contributed by atoms with Gasteiger partial charge < -0.3 is 4.42 Å². The highest BCUT2D eigenvalue weighted by Crippen LogP contribution is 2.30. The van der Waals surface area contributed by atoms with Crippen LogP contribution in [0.25, 0.3) is 0 Å². The van der Waals surface area contributed by atoms with Gasteiger partial charge in [-0.2, -0.15) is 5.10 Å². The monoisotopic (exact) mass is 416 g/mol. The molecule has 0 spiro atoms. The van der Waals surface area contributed by atoms with Gasteiger partial charge in [0.15, 0.2) is 5.13 Å². The van der Waals surface area contributed by atoms with Crippen molar-refractivity contribution in [3.8, 4) is 0 Å². The minimum Gasteiger partial charge on any atom is -0.466 e. The second-order valence-electron chi connectivity index (χ2n) is 5.92. The molecule has 3 aromatic rings. The molecule has 0 radical (unpaired) electrons. The molecule has 144 valence electrons. The van der Waals surface area contributed by atoms with Crippen molar-refractivity contribution in [2.75, 3.05) is 4.90 Å². The van der Waals surface area contributed by atoms with Crippen molar-refractivity contribution in [2.45, 2.75) is 20.8 Å². The third-order valence-corrected chi connectivity index (χ3v) is 4.81. The number of nitrogens with zero attached hydrogens (tertiary/aromatic N) is 3. The second-order valence-corrected chi connectivity index (χ2v) is 7.19. The molecule has 0 aliphatic carbocycles. The maximum atomic E-state index is 12.1. The van der Waals surface area contributed by atoms with Gasteiger partial charge in [0.2, 0.25) is 5.91 Å². The molecule has 9 heteroatoms. The van der Waals surface area contributed by atoms with E-state index in [4.69, 9.17) is 16.0 Å². The van der Waals surface area contributed by atoms with E-state index in [1.807, 2.05) is 0 Å². The van der Waals surface area contributed by atoms with Gasteiger partial charge in [-0.25, -0.2) is 10.4 Å². The van der Waals surface area contributed by atoms with Crippen LogP contribution in [0.4, 0.5) is 10.8 Å². The van der Waals surface area contributed by atoms with E-state index in [0.717, 1.165) is 0 Å². The summed E-state index contributed by atoms with van der Waals surface area (Å²) >= 11 is 7.30. The number of thiazole rings is 1. The lowest BCUT2D eigenvalue weighted by Gasteiger charge is -2.18. The number of aromatic nitrogens is 1. The predicted octanol–water partition coefficient (Wildman–Crippen LogP) is 4.45. The predicted molar refractivity (Wildman–Crippen MR) is 110 cm³/mol. The van der Waals surface area contributed by atoms with Gasteiger partial charge in [0.1, 0.15) is 11.5 Å². The molecule has 3 rings (SSSR count). The Balaban J connectivity index is 1.73. The van der Waals surface area contributed by atoms with Crippen molar-refractivity contribution < 1.29 is 14.0 Å². The van der Waals surface area contributed by atoms with Crippen molar-refractivity contribution in [2.24, 2.45) is 5.10 Å². The van der Waals surface area contributed by atoms with Gasteiger partial charge >= 0.3 is 0 Å². The third-order valence-electron chi connectivity index (χ3n) is 3.73. The summed E-state index contributed by atoms with van der Waals surface area (Å²) in [7, 11) is 0. The van der Waals surface area contributed by atoms with Crippen molar-refractivity contribution in [3.05, 3.63) is 63.5 Å². The van der Waals surface area contributed by atoms with Crippen LogP contribution in [-0.2, 0) is 4.79 Å². The summed E-state index contributed by atoms with van der Waals surface area (Å²) in [4.78, 5) is 30.1. The largest absolute Gasteiger partial charge is 0.466 e. The van der Waals surface area contributed by atoms with Crippen molar-refractivity contribution in [1.82, 2.24) is 10.4 Å². The minimum absolute atomic E-state index is 0.195. The van der Waals surface area contributed by atoms with Crippen LogP contribution < -0.4 is 10.3 Å². The second kappa shape index (κ2) is 8.37. The Hall–Kier alpha value is -2.97. The summed E-state index contributed by atoms with van der Waals surface area (Å²) in [6.45, 7) is 4.93. The van der Waals surface area contributed by atoms with Gasteiger partial charge in [0.25, 0.3) is 5.91 Å². The third kappa shape index (κ3) is 4.47. The molecule has 0 bridgehead atoms. The van der Waals surface area contributed by atoms with E-state index in [-0.39, 0.29) is 11.8 Å². The van der Waals surface area contributed by atoms with E-state index in [9.17, 15) is 9.59 Å². The Labute approximate surface area is 170 Å². The number of hydrogen-bond acceptors (Lipinski definition) is 6. The molecule has 0 fully saturated rings. The molecule has 0 unspecified atom stereocenters. The summed E-state index contributed by atoms with van der Waals surface area (Å²) in [6, 6.07) is 8.61. The van der Waals surface area contributed by atoms with Crippen LogP contribution >= 0.6 is 22.9 Å². The number of hydrazone groups is 1. The quantitative estimate of drug-likeness (QED) is 0.491. The maximum absolute atomic E-state index is 12.1. The maximum Gasteiger partial charge on any atom is 0.274 e. The van der Waals surface area contributed by atoms with E-state index >= 15 is 0 Å². The number of furan rings is 1. The number of rotatable bonds is 5. The summed E-state index contributed by atoms with van der Waals surface area (Å²) in [5.74, 6) is 0.616. The SMILES string of the molecule is CC(=O)N(c1cccc(Cl)c1)c1nc(/C=N\NC(=O)c2cc(C)oc2C)cs1. The van der Waals surface area contributed by atoms with Crippen molar-refractivity contribution in [1.29, 1.82) is 0 Å². The van der Waals surface area contributed by atoms with E-state index < -0.39 is 0 Å².